The van der Waals surface area contributed by atoms with Gasteiger partial charge in [0.15, 0.2) is 0 Å². The molecule has 102 valence electrons. The molecule has 2 rings (SSSR count). The van der Waals surface area contributed by atoms with Crippen molar-refractivity contribution >= 4 is 5.91 Å². The van der Waals surface area contributed by atoms with E-state index in [4.69, 9.17) is 0 Å². The molecule has 5 heteroatoms. The van der Waals surface area contributed by atoms with E-state index in [1.165, 1.54) is 17.0 Å². The number of hydrogen-bond acceptors (Lipinski definition) is 1. The first-order valence-electron chi connectivity index (χ1n) is 5.97. The molecular formula is C14H14F3NO. The quantitative estimate of drug-likeness (QED) is 0.771. The molecule has 1 aromatic rings. The Hall–Kier alpha value is -1.78. The number of alkyl halides is 3. The van der Waals surface area contributed by atoms with Crippen LogP contribution in [0, 0.1) is 5.92 Å². The first-order chi connectivity index (χ1) is 8.91. The van der Waals surface area contributed by atoms with E-state index in [9.17, 15) is 18.0 Å². The van der Waals surface area contributed by atoms with E-state index in [-0.39, 0.29) is 23.9 Å². The number of carbonyl (C=O) groups is 1. The number of halogens is 3. The van der Waals surface area contributed by atoms with Crippen LogP contribution in [0.15, 0.2) is 36.9 Å². The van der Waals surface area contributed by atoms with Crippen molar-refractivity contribution in [3.05, 3.63) is 48.0 Å². The lowest BCUT2D eigenvalue weighted by Crippen LogP contribution is -2.26. The summed E-state index contributed by atoms with van der Waals surface area (Å²) < 4.78 is 38.5. The van der Waals surface area contributed by atoms with Crippen LogP contribution in [-0.2, 0) is 17.5 Å². The van der Waals surface area contributed by atoms with Crippen molar-refractivity contribution < 1.29 is 18.0 Å². The van der Waals surface area contributed by atoms with Gasteiger partial charge in [-0.15, -0.1) is 6.58 Å². The van der Waals surface area contributed by atoms with Gasteiger partial charge >= 0.3 is 6.18 Å². The molecule has 0 N–H and O–H groups in total. The molecule has 0 bridgehead atoms. The summed E-state index contributed by atoms with van der Waals surface area (Å²) in [6.45, 7) is 4.05. The number of nitrogens with zero attached hydrogens (tertiary/aromatic N) is 1. The maximum Gasteiger partial charge on any atom is 0.416 e. The lowest BCUT2D eigenvalue weighted by Gasteiger charge is -2.19. The number of likely N-dealkylation sites (tertiary alicyclic amines) is 1. The fourth-order valence-corrected chi connectivity index (χ4v) is 2.25. The highest BCUT2D eigenvalue weighted by Crippen LogP contribution is 2.33. The molecule has 1 aliphatic rings. The summed E-state index contributed by atoms with van der Waals surface area (Å²) in [4.78, 5) is 13.2. The Morgan fingerprint density at radius 3 is 2.63 bits per heavy atom. The second kappa shape index (κ2) is 5.07. The maximum absolute atomic E-state index is 12.8. The van der Waals surface area contributed by atoms with Gasteiger partial charge in [-0.25, -0.2) is 0 Å². The van der Waals surface area contributed by atoms with Gasteiger partial charge in [0.1, 0.15) is 0 Å². The van der Waals surface area contributed by atoms with Crippen LogP contribution in [0.1, 0.15) is 17.5 Å². The van der Waals surface area contributed by atoms with E-state index >= 15 is 0 Å². The van der Waals surface area contributed by atoms with Crippen LogP contribution in [-0.4, -0.2) is 17.4 Å². The molecule has 1 saturated heterocycles. The van der Waals surface area contributed by atoms with Crippen molar-refractivity contribution in [3.8, 4) is 0 Å². The van der Waals surface area contributed by atoms with E-state index in [0.29, 0.717) is 13.0 Å². The van der Waals surface area contributed by atoms with Crippen molar-refractivity contribution in [3.63, 3.8) is 0 Å². The van der Waals surface area contributed by atoms with E-state index in [1.807, 2.05) is 0 Å². The Labute approximate surface area is 109 Å². The normalized spacial score (nSPS) is 19.8. The molecule has 1 heterocycles. The smallest absolute Gasteiger partial charge is 0.338 e. The van der Waals surface area contributed by atoms with Gasteiger partial charge in [-0.05, 0) is 11.6 Å². The molecule has 2 nitrogen and oxygen atoms in total. The summed E-state index contributed by atoms with van der Waals surface area (Å²) in [6.07, 6.45) is -2.39. The number of carbonyl (C=O) groups excluding carboxylic acids is 1. The second-order valence-corrected chi connectivity index (χ2v) is 4.63. The van der Waals surface area contributed by atoms with Crippen LogP contribution in [0.4, 0.5) is 13.2 Å². The summed E-state index contributed by atoms with van der Waals surface area (Å²) in [7, 11) is 0. The summed E-state index contributed by atoms with van der Waals surface area (Å²) in [5.74, 6) is -0.0903. The average Bonchev–Trinajstić information content (AvgIpc) is 2.70. The molecule has 1 unspecified atom stereocenters. The van der Waals surface area contributed by atoms with Crippen molar-refractivity contribution in [1.29, 1.82) is 0 Å². The number of hydrogen-bond donors (Lipinski definition) is 0. The molecule has 0 aliphatic carbocycles. The molecule has 1 aliphatic heterocycles. The molecule has 1 amide bonds. The van der Waals surface area contributed by atoms with Crippen LogP contribution in [0.25, 0.3) is 0 Å². The van der Waals surface area contributed by atoms with Crippen LogP contribution in [0.2, 0.25) is 0 Å². The zero-order valence-corrected chi connectivity index (χ0v) is 10.3. The summed E-state index contributed by atoms with van der Waals surface area (Å²) in [5.41, 5.74) is -0.544. The Kier molecular flexibility index (Phi) is 3.64. The zero-order valence-electron chi connectivity index (χ0n) is 10.3. The molecular weight excluding hydrogens is 255 g/mol. The molecule has 0 aromatic heterocycles. The van der Waals surface area contributed by atoms with E-state index in [0.717, 1.165) is 6.07 Å². The monoisotopic (exact) mass is 269 g/mol. The van der Waals surface area contributed by atoms with Gasteiger partial charge in [0, 0.05) is 25.4 Å². The highest BCUT2D eigenvalue weighted by Gasteiger charge is 2.35. The SMILES string of the molecule is C=CC1CC(=O)N(Cc2ccccc2C(F)(F)F)C1. The molecule has 19 heavy (non-hydrogen) atoms. The second-order valence-electron chi connectivity index (χ2n) is 4.63. The Balaban J connectivity index is 2.20. The van der Waals surface area contributed by atoms with Crippen LogP contribution in [0.3, 0.4) is 0 Å². The van der Waals surface area contributed by atoms with Gasteiger partial charge in [0.25, 0.3) is 0 Å². The standard InChI is InChI=1S/C14H14F3NO/c1-2-10-7-13(19)18(8-10)9-11-5-3-4-6-12(11)14(15,16)17/h2-6,10H,1,7-9H2. The third kappa shape index (κ3) is 2.97. The Bertz CT molecular complexity index is 496. The molecule has 1 fully saturated rings. The Morgan fingerprint density at radius 1 is 1.37 bits per heavy atom. The number of rotatable bonds is 3. The van der Waals surface area contributed by atoms with E-state index in [1.54, 1.807) is 12.1 Å². The third-order valence-electron chi connectivity index (χ3n) is 3.26. The Morgan fingerprint density at radius 2 is 2.05 bits per heavy atom. The largest absolute Gasteiger partial charge is 0.416 e. The van der Waals surface area contributed by atoms with Crippen LogP contribution < -0.4 is 0 Å². The average molecular weight is 269 g/mol. The lowest BCUT2D eigenvalue weighted by molar-refractivity contribution is -0.139. The van der Waals surface area contributed by atoms with Crippen molar-refractivity contribution in [2.24, 2.45) is 5.92 Å². The molecule has 0 spiro atoms. The zero-order chi connectivity index (χ0) is 14.0. The number of benzene rings is 1. The highest BCUT2D eigenvalue weighted by atomic mass is 19.4. The fraction of sp³-hybridized carbons (Fsp3) is 0.357. The highest BCUT2D eigenvalue weighted by molar-refractivity contribution is 5.79. The summed E-state index contributed by atoms with van der Waals surface area (Å²) in [5, 5.41) is 0. The predicted molar refractivity (Wildman–Crippen MR) is 65.2 cm³/mol. The van der Waals surface area contributed by atoms with Gasteiger partial charge in [0.2, 0.25) is 5.91 Å². The maximum atomic E-state index is 12.8. The molecule has 0 saturated carbocycles. The molecule has 1 aromatic carbocycles. The third-order valence-corrected chi connectivity index (χ3v) is 3.26. The van der Waals surface area contributed by atoms with Crippen molar-refractivity contribution in [1.82, 2.24) is 4.90 Å². The molecule has 0 radical (unpaired) electrons. The number of amides is 1. The van der Waals surface area contributed by atoms with Crippen molar-refractivity contribution in [2.45, 2.75) is 19.1 Å². The summed E-state index contributed by atoms with van der Waals surface area (Å²) in [6, 6.07) is 5.36. The lowest BCUT2D eigenvalue weighted by atomic mass is 10.1. The minimum atomic E-state index is -4.39. The fourth-order valence-electron chi connectivity index (χ4n) is 2.25. The van der Waals surface area contributed by atoms with Crippen LogP contribution >= 0.6 is 0 Å². The van der Waals surface area contributed by atoms with Gasteiger partial charge in [-0.3, -0.25) is 4.79 Å². The van der Waals surface area contributed by atoms with Crippen molar-refractivity contribution in [2.75, 3.05) is 6.54 Å². The van der Waals surface area contributed by atoms with E-state index < -0.39 is 11.7 Å². The van der Waals surface area contributed by atoms with Gasteiger partial charge in [-0.2, -0.15) is 13.2 Å². The first-order valence-corrected chi connectivity index (χ1v) is 5.97. The topological polar surface area (TPSA) is 20.3 Å². The minimum Gasteiger partial charge on any atom is -0.338 e. The van der Waals surface area contributed by atoms with Gasteiger partial charge < -0.3 is 4.90 Å². The predicted octanol–water partition coefficient (Wildman–Crippen LogP) is 3.24. The molecule has 1 atom stereocenters. The van der Waals surface area contributed by atoms with Crippen LogP contribution in [0.5, 0.6) is 0 Å². The minimum absolute atomic E-state index is 0.00113. The van der Waals surface area contributed by atoms with Gasteiger partial charge in [0.05, 0.1) is 5.56 Å². The summed E-state index contributed by atoms with van der Waals surface area (Å²) >= 11 is 0. The first kappa shape index (κ1) is 13.6. The van der Waals surface area contributed by atoms with Gasteiger partial charge in [-0.1, -0.05) is 24.3 Å². The van der Waals surface area contributed by atoms with E-state index in [2.05, 4.69) is 6.58 Å².